The summed E-state index contributed by atoms with van der Waals surface area (Å²) in [7, 11) is 0. The molecule has 6 nitrogen and oxygen atoms in total. The molecule has 3 N–H and O–H groups in total. The van der Waals surface area contributed by atoms with Crippen molar-refractivity contribution in [3.63, 3.8) is 0 Å². The molecular weight excluding hydrogens is 244 g/mol. The quantitative estimate of drug-likeness (QED) is 0.643. The molecule has 0 bridgehead atoms. The minimum atomic E-state index is -1.12. The normalized spacial score (nSPS) is 10.4. The van der Waals surface area contributed by atoms with E-state index < -0.39 is 5.97 Å². The second kappa shape index (κ2) is 4.93. The van der Waals surface area contributed by atoms with Crippen molar-refractivity contribution in [1.82, 2.24) is 15.0 Å². The first-order chi connectivity index (χ1) is 9.04. The number of carboxylic acids is 1. The van der Waals surface area contributed by atoms with Gasteiger partial charge in [0.25, 0.3) is 0 Å². The fourth-order valence-electron chi connectivity index (χ4n) is 1.78. The summed E-state index contributed by atoms with van der Waals surface area (Å²) in [5.74, 6) is -1.12. The van der Waals surface area contributed by atoms with E-state index in [9.17, 15) is 4.79 Å². The van der Waals surface area contributed by atoms with Gasteiger partial charge in [0, 0.05) is 11.3 Å². The molecule has 1 aromatic heterocycles. The molecule has 2 aromatic rings. The maximum absolute atomic E-state index is 11.2. The lowest BCUT2D eigenvalue weighted by Crippen LogP contribution is -2.04. The Balaban J connectivity index is 2.63. The zero-order chi connectivity index (χ0) is 14.0. The highest BCUT2D eigenvalue weighted by molar-refractivity contribution is 5.93. The van der Waals surface area contributed by atoms with Crippen molar-refractivity contribution < 1.29 is 9.90 Å². The minimum Gasteiger partial charge on any atom is -0.476 e. The number of benzene rings is 1. The topological polar surface area (TPSA) is 94.0 Å². The van der Waals surface area contributed by atoms with Crippen LogP contribution in [-0.4, -0.2) is 26.1 Å². The molecular formula is C13H14N4O2. The summed E-state index contributed by atoms with van der Waals surface area (Å²) in [6.45, 7) is 5.88. The van der Waals surface area contributed by atoms with Crippen molar-refractivity contribution in [3.8, 4) is 11.3 Å². The Labute approximate surface area is 110 Å². The molecule has 0 atom stereocenters. The Bertz CT molecular complexity index is 646. The summed E-state index contributed by atoms with van der Waals surface area (Å²) in [5, 5.41) is 16.7. The highest BCUT2D eigenvalue weighted by Crippen LogP contribution is 2.26. The van der Waals surface area contributed by atoms with Gasteiger partial charge in [-0.1, -0.05) is 23.4 Å². The molecule has 1 aromatic carbocycles. The Morgan fingerprint density at radius 1 is 1.58 bits per heavy atom. The number of hydrogen-bond acceptors (Lipinski definition) is 4. The van der Waals surface area contributed by atoms with Crippen LogP contribution >= 0.6 is 0 Å². The fourth-order valence-corrected chi connectivity index (χ4v) is 1.78. The van der Waals surface area contributed by atoms with Gasteiger partial charge in [-0.25, -0.2) is 9.48 Å². The summed E-state index contributed by atoms with van der Waals surface area (Å²) in [5.41, 5.74) is 8.40. The molecule has 0 radical (unpaired) electrons. The van der Waals surface area contributed by atoms with Gasteiger partial charge in [-0.3, -0.25) is 0 Å². The zero-order valence-corrected chi connectivity index (χ0v) is 10.5. The number of allylic oxidation sites excluding steroid dienone is 1. The van der Waals surface area contributed by atoms with E-state index in [1.54, 1.807) is 18.2 Å². The molecule has 0 fully saturated rings. The molecule has 0 spiro atoms. The van der Waals surface area contributed by atoms with E-state index in [0.29, 0.717) is 23.5 Å². The molecule has 0 aliphatic carbocycles. The van der Waals surface area contributed by atoms with Crippen LogP contribution in [0.3, 0.4) is 0 Å². The van der Waals surface area contributed by atoms with Crippen molar-refractivity contribution in [3.05, 3.63) is 42.1 Å². The number of rotatable bonds is 4. The Morgan fingerprint density at radius 3 is 2.89 bits per heavy atom. The van der Waals surface area contributed by atoms with Gasteiger partial charge in [0.2, 0.25) is 0 Å². The number of anilines is 1. The summed E-state index contributed by atoms with van der Waals surface area (Å²) in [4.78, 5) is 11.2. The lowest BCUT2D eigenvalue weighted by Gasteiger charge is -2.07. The third-order valence-corrected chi connectivity index (χ3v) is 2.79. The maximum atomic E-state index is 11.2. The summed E-state index contributed by atoms with van der Waals surface area (Å²) in [6, 6.07) is 5.36. The number of aryl methyl sites for hydroxylation is 1. The van der Waals surface area contributed by atoms with Crippen LogP contribution in [0.5, 0.6) is 0 Å². The standard InChI is InChI=1S/C13H14N4O2/c1-3-6-17-12(11(13(18)19)15-16-17)9-5-4-8(2)10(14)7-9/h3-5,7H,1,6,14H2,2H3,(H,18,19). The van der Waals surface area contributed by atoms with Crippen LogP contribution in [-0.2, 0) is 6.54 Å². The Hall–Kier alpha value is -2.63. The van der Waals surface area contributed by atoms with Gasteiger partial charge < -0.3 is 10.8 Å². The highest BCUT2D eigenvalue weighted by atomic mass is 16.4. The lowest BCUT2D eigenvalue weighted by atomic mass is 10.1. The molecule has 0 saturated carbocycles. The fraction of sp³-hybridized carbons (Fsp3) is 0.154. The lowest BCUT2D eigenvalue weighted by molar-refractivity contribution is 0.0691. The molecule has 1 heterocycles. The molecule has 0 amide bonds. The van der Waals surface area contributed by atoms with E-state index in [2.05, 4.69) is 16.9 Å². The number of nitrogens with zero attached hydrogens (tertiary/aromatic N) is 3. The number of nitrogens with two attached hydrogens (primary N) is 1. The molecule has 0 aliphatic rings. The van der Waals surface area contributed by atoms with Crippen LogP contribution in [0.1, 0.15) is 16.1 Å². The van der Waals surface area contributed by atoms with Crippen molar-refractivity contribution >= 4 is 11.7 Å². The van der Waals surface area contributed by atoms with Crippen LogP contribution in [0.4, 0.5) is 5.69 Å². The number of nitrogen functional groups attached to an aromatic ring is 1. The summed E-state index contributed by atoms with van der Waals surface area (Å²) in [6.07, 6.45) is 1.63. The second-order valence-electron chi connectivity index (χ2n) is 4.13. The van der Waals surface area contributed by atoms with E-state index in [4.69, 9.17) is 10.8 Å². The number of aromatic carboxylic acids is 1. The monoisotopic (exact) mass is 258 g/mol. The summed E-state index contributed by atoms with van der Waals surface area (Å²) < 4.78 is 1.49. The predicted molar refractivity (Wildman–Crippen MR) is 71.8 cm³/mol. The van der Waals surface area contributed by atoms with E-state index in [-0.39, 0.29) is 5.69 Å². The predicted octanol–water partition coefficient (Wildman–Crippen LogP) is 1.72. The van der Waals surface area contributed by atoms with Gasteiger partial charge in [0.05, 0.1) is 6.54 Å². The van der Waals surface area contributed by atoms with Crippen LogP contribution < -0.4 is 5.73 Å². The Kier molecular flexibility index (Phi) is 3.33. The first-order valence-corrected chi connectivity index (χ1v) is 5.68. The first kappa shape index (κ1) is 12.8. The molecule has 19 heavy (non-hydrogen) atoms. The average molecular weight is 258 g/mol. The molecule has 2 rings (SSSR count). The molecule has 6 heteroatoms. The summed E-state index contributed by atoms with van der Waals surface area (Å²) >= 11 is 0. The highest BCUT2D eigenvalue weighted by Gasteiger charge is 2.20. The molecule has 0 unspecified atom stereocenters. The number of carboxylic acid groups (broad SMARTS) is 1. The van der Waals surface area contributed by atoms with Gasteiger partial charge in [-0.2, -0.15) is 0 Å². The molecule has 0 aliphatic heterocycles. The maximum Gasteiger partial charge on any atom is 0.358 e. The third-order valence-electron chi connectivity index (χ3n) is 2.79. The van der Waals surface area contributed by atoms with Crippen molar-refractivity contribution in [1.29, 1.82) is 0 Å². The number of hydrogen-bond donors (Lipinski definition) is 2. The van der Waals surface area contributed by atoms with E-state index in [1.165, 1.54) is 4.68 Å². The van der Waals surface area contributed by atoms with Crippen molar-refractivity contribution in [2.45, 2.75) is 13.5 Å². The largest absolute Gasteiger partial charge is 0.476 e. The van der Waals surface area contributed by atoms with Gasteiger partial charge in [0.1, 0.15) is 5.69 Å². The minimum absolute atomic E-state index is 0.0925. The van der Waals surface area contributed by atoms with Crippen molar-refractivity contribution in [2.75, 3.05) is 5.73 Å². The molecule has 98 valence electrons. The van der Waals surface area contributed by atoms with E-state index in [0.717, 1.165) is 5.56 Å². The van der Waals surface area contributed by atoms with E-state index >= 15 is 0 Å². The number of aromatic nitrogens is 3. The smallest absolute Gasteiger partial charge is 0.358 e. The number of carbonyl (C=O) groups is 1. The second-order valence-corrected chi connectivity index (χ2v) is 4.13. The average Bonchev–Trinajstić information content (AvgIpc) is 2.77. The van der Waals surface area contributed by atoms with Gasteiger partial charge in [-0.05, 0) is 18.6 Å². The molecule has 0 saturated heterocycles. The zero-order valence-electron chi connectivity index (χ0n) is 10.5. The van der Waals surface area contributed by atoms with Crippen LogP contribution in [0, 0.1) is 6.92 Å². The van der Waals surface area contributed by atoms with Crippen LogP contribution in [0.2, 0.25) is 0 Å². The van der Waals surface area contributed by atoms with Crippen molar-refractivity contribution in [2.24, 2.45) is 0 Å². The van der Waals surface area contributed by atoms with Gasteiger partial charge >= 0.3 is 5.97 Å². The van der Waals surface area contributed by atoms with E-state index in [1.807, 2.05) is 13.0 Å². The van der Waals surface area contributed by atoms with Gasteiger partial charge in [0.15, 0.2) is 5.69 Å². The van der Waals surface area contributed by atoms with Gasteiger partial charge in [-0.15, -0.1) is 11.7 Å². The first-order valence-electron chi connectivity index (χ1n) is 5.68. The third kappa shape index (κ3) is 2.33. The Morgan fingerprint density at radius 2 is 2.32 bits per heavy atom. The SMILES string of the molecule is C=CCn1nnc(C(=O)O)c1-c1ccc(C)c(N)c1. The van der Waals surface area contributed by atoms with Crippen LogP contribution in [0.25, 0.3) is 11.3 Å². The van der Waals surface area contributed by atoms with Crippen LogP contribution in [0.15, 0.2) is 30.9 Å².